The van der Waals surface area contributed by atoms with Gasteiger partial charge in [-0.15, -0.1) is 11.8 Å². The van der Waals surface area contributed by atoms with Crippen molar-refractivity contribution in [3.8, 4) is 0 Å². The molecule has 2 aromatic rings. The molecule has 16 heavy (non-hydrogen) atoms. The summed E-state index contributed by atoms with van der Waals surface area (Å²) in [5.41, 5.74) is 6.61. The van der Waals surface area contributed by atoms with Gasteiger partial charge in [0, 0.05) is 35.0 Å². The maximum Gasteiger partial charge on any atom is 0.118 e. The second kappa shape index (κ2) is 4.80. The molecule has 0 radical (unpaired) electrons. The van der Waals surface area contributed by atoms with Crippen LogP contribution in [0.4, 0.5) is 5.69 Å². The van der Waals surface area contributed by atoms with Gasteiger partial charge in [0.15, 0.2) is 0 Å². The van der Waals surface area contributed by atoms with Crippen LogP contribution in [0.25, 0.3) is 0 Å². The van der Waals surface area contributed by atoms with Crippen LogP contribution in [0.2, 0.25) is 5.02 Å². The van der Waals surface area contributed by atoms with Crippen molar-refractivity contribution in [2.45, 2.75) is 10.6 Å². The molecule has 0 aliphatic rings. The first-order chi connectivity index (χ1) is 7.66. The van der Waals surface area contributed by atoms with Gasteiger partial charge in [-0.25, -0.2) is 4.98 Å². The first-order valence-corrected chi connectivity index (χ1v) is 6.17. The molecule has 5 heteroatoms. The van der Waals surface area contributed by atoms with Gasteiger partial charge in [-0.3, -0.25) is 0 Å². The summed E-state index contributed by atoms with van der Waals surface area (Å²) < 4.78 is 1.99. The van der Waals surface area contributed by atoms with Crippen LogP contribution >= 0.6 is 23.4 Å². The second-order valence-corrected chi connectivity index (χ2v) is 4.88. The zero-order valence-electron chi connectivity index (χ0n) is 8.85. The van der Waals surface area contributed by atoms with E-state index in [0.717, 1.165) is 22.2 Å². The summed E-state index contributed by atoms with van der Waals surface area (Å²) in [6.45, 7) is 0. The number of benzene rings is 1. The highest BCUT2D eigenvalue weighted by atomic mass is 35.5. The summed E-state index contributed by atoms with van der Waals surface area (Å²) in [5, 5.41) is 0.705. The molecule has 0 amide bonds. The average molecular weight is 254 g/mol. The Hall–Kier alpha value is -1.13. The molecule has 0 saturated carbocycles. The van der Waals surface area contributed by atoms with Gasteiger partial charge in [-0.1, -0.05) is 11.6 Å². The minimum Gasteiger partial charge on any atom is -0.398 e. The Morgan fingerprint density at radius 3 is 3.00 bits per heavy atom. The molecule has 0 saturated heterocycles. The summed E-state index contributed by atoms with van der Waals surface area (Å²) in [5.74, 6) is 1.80. The number of aryl methyl sites for hydroxylation is 1. The standard InChI is InChI=1S/C11H12ClN3S/c1-15-5-4-14-11(15)7-16-10-6-8(12)2-3-9(10)13/h2-6H,7,13H2,1H3. The van der Waals surface area contributed by atoms with Crippen LogP contribution in [0.5, 0.6) is 0 Å². The third kappa shape index (κ3) is 2.51. The van der Waals surface area contributed by atoms with E-state index in [9.17, 15) is 0 Å². The molecule has 2 N–H and O–H groups in total. The summed E-state index contributed by atoms with van der Waals surface area (Å²) >= 11 is 7.56. The quantitative estimate of drug-likeness (QED) is 0.676. The minimum atomic E-state index is 0.705. The fourth-order valence-corrected chi connectivity index (χ4v) is 2.56. The Bertz CT molecular complexity index is 496. The number of rotatable bonds is 3. The molecule has 3 nitrogen and oxygen atoms in total. The smallest absolute Gasteiger partial charge is 0.118 e. The van der Waals surface area contributed by atoms with E-state index in [0.29, 0.717) is 5.02 Å². The maximum absolute atomic E-state index is 5.92. The molecular weight excluding hydrogens is 242 g/mol. The molecule has 1 aromatic heterocycles. The van der Waals surface area contributed by atoms with Gasteiger partial charge >= 0.3 is 0 Å². The van der Waals surface area contributed by atoms with E-state index in [4.69, 9.17) is 17.3 Å². The van der Waals surface area contributed by atoms with E-state index >= 15 is 0 Å². The molecular formula is C11H12ClN3S. The van der Waals surface area contributed by atoms with E-state index in [-0.39, 0.29) is 0 Å². The number of hydrogen-bond donors (Lipinski definition) is 1. The number of aromatic nitrogens is 2. The predicted molar refractivity (Wildman–Crippen MR) is 68.6 cm³/mol. The van der Waals surface area contributed by atoms with Gasteiger partial charge in [0.1, 0.15) is 5.82 Å². The fraction of sp³-hybridized carbons (Fsp3) is 0.182. The zero-order valence-corrected chi connectivity index (χ0v) is 10.4. The lowest BCUT2D eigenvalue weighted by atomic mass is 10.3. The van der Waals surface area contributed by atoms with Crippen LogP contribution in [0.3, 0.4) is 0 Å². The first-order valence-electron chi connectivity index (χ1n) is 4.81. The molecule has 84 valence electrons. The van der Waals surface area contributed by atoms with Crippen LogP contribution in [0.1, 0.15) is 5.82 Å². The van der Waals surface area contributed by atoms with Crippen LogP contribution < -0.4 is 5.73 Å². The monoisotopic (exact) mass is 253 g/mol. The van der Waals surface area contributed by atoms with Gasteiger partial charge in [0.05, 0.1) is 5.75 Å². The summed E-state index contributed by atoms with van der Waals surface area (Å²) in [6, 6.07) is 5.50. The molecule has 0 unspecified atom stereocenters. The SMILES string of the molecule is Cn1ccnc1CSc1cc(Cl)ccc1N. The number of imidazole rings is 1. The van der Waals surface area contributed by atoms with Crippen molar-refractivity contribution in [2.24, 2.45) is 7.05 Å². The number of hydrogen-bond acceptors (Lipinski definition) is 3. The van der Waals surface area contributed by atoms with Crippen LogP contribution in [0, 0.1) is 0 Å². The van der Waals surface area contributed by atoms with Gasteiger partial charge in [-0.05, 0) is 18.2 Å². The molecule has 0 atom stereocenters. The van der Waals surface area contributed by atoms with E-state index < -0.39 is 0 Å². The fourth-order valence-electron chi connectivity index (χ4n) is 1.31. The van der Waals surface area contributed by atoms with Crippen LogP contribution in [-0.4, -0.2) is 9.55 Å². The number of nitrogen functional groups attached to an aromatic ring is 1. The lowest BCUT2D eigenvalue weighted by Gasteiger charge is -2.05. The summed E-state index contributed by atoms with van der Waals surface area (Å²) in [6.07, 6.45) is 3.72. The Morgan fingerprint density at radius 2 is 2.31 bits per heavy atom. The highest BCUT2D eigenvalue weighted by Gasteiger charge is 2.04. The van der Waals surface area contributed by atoms with Crippen molar-refractivity contribution in [1.29, 1.82) is 0 Å². The van der Waals surface area contributed by atoms with Crippen molar-refractivity contribution < 1.29 is 0 Å². The normalized spacial score (nSPS) is 10.6. The molecule has 0 spiro atoms. The topological polar surface area (TPSA) is 43.8 Å². The largest absolute Gasteiger partial charge is 0.398 e. The number of thioether (sulfide) groups is 1. The van der Waals surface area contributed by atoms with Crippen molar-refractivity contribution in [3.63, 3.8) is 0 Å². The highest BCUT2D eigenvalue weighted by Crippen LogP contribution is 2.29. The van der Waals surface area contributed by atoms with E-state index in [1.54, 1.807) is 24.0 Å². The third-order valence-corrected chi connectivity index (χ3v) is 3.56. The van der Waals surface area contributed by atoms with Gasteiger partial charge in [0.2, 0.25) is 0 Å². The lowest BCUT2D eigenvalue weighted by Crippen LogP contribution is -1.95. The number of halogens is 1. The van der Waals surface area contributed by atoms with E-state index in [1.165, 1.54) is 0 Å². The van der Waals surface area contributed by atoms with Gasteiger partial charge < -0.3 is 10.3 Å². The highest BCUT2D eigenvalue weighted by molar-refractivity contribution is 7.98. The predicted octanol–water partition coefficient (Wildman–Crippen LogP) is 2.95. The third-order valence-electron chi connectivity index (χ3n) is 2.25. The Labute approximate surface area is 104 Å². The Balaban J connectivity index is 2.10. The van der Waals surface area contributed by atoms with Crippen molar-refractivity contribution in [2.75, 3.05) is 5.73 Å². The van der Waals surface area contributed by atoms with Crippen LogP contribution in [0.15, 0.2) is 35.5 Å². The minimum absolute atomic E-state index is 0.705. The van der Waals surface area contributed by atoms with Crippen molar-refractivity contribution in [3.05, 3.63) is 41.4 Å². The van der Waals surface area contributed by atoms with E-state index in [2.05, 4.69) is 4.98 Å². The number of nitrogens with zero attached hydrogens (tertiary/aromatic N) is 2. The number of anilines is 1. The molecule has 0 fully saturated rings. The van der Waals surface area contributed by atoms with Crippen molar-refractivity contribution >= 4 is 29.1 Å². The summed E-state index contributed by atoms with van der Waals surface area (Å²) in [7, 11) is 1.98. The molecule has 0 aliphatic carbocycles. The molecule has 0 bridgehead atoms. The maximum atomic E-state index is 5.92. The molecule has 2 rings (SSSR count). The zero-order chi connectivity index (χ0) is 11.5. The average Bonchev–Trinajstić information content (AvgIpc) is 2.66. The van der Waals surface area contributed by atoms with E-state index in [1.807, 2.05) is 29.9 Å². The lowest BCUT2D eigenvalue weighted by molar-refractivity contribution is 0.849. The molecule has 1 aromatic carbocycles. The molecule has 0 aliphatic heterocycles. The van der Waals surface area contributed by atoms with Crippen LogP contribution in [-0.2, 0) is 12.8 Å². The first kappa shape index (κ1) is 11.4. The second-order valence-electron chi connectivity index (χ2n) is 3.43. The van der Waals surface area contributed by atoms with Gasteiger partial charge in [0.25, 0.3) is 0 Å². The molecule has 1 heterocycles. The summed E-state index contributed by atoms with van der Waals surface area (Å²) in [4.78, 5) is 5.25. The number of nitrogens with two attached hydrogens (primary N) is 1. The Kier molecular flexibility index (Phi) is 3.41. The Morgan fingerprint density at radius 1 is 1.50 bits per heavy atom. The van der Waals surface area contributed by atoms with Gasteiger partial charge in [-0.2, -0.15) is 0 Å². The van der Waals surface area contributed by atoms with Crippen molar-refractivity contribution in [1.82, 2.24) is 9.55 Å².